The maximum Gasteiger partial charge on any atom is 0.118 e. The second-order valence-electron chi connectivity index (χ2n) is 2.56. The van der Waals surface area contributed by atoms with Crippen LogP contribution < -0.4 is 28.5 Å². The van der Waals surface area contributed by atoms with Gasteiger partial charge in [0.05, 0.1) is 0 Å². The van der Waals surface area contributed by atoms with E-state index >= 15 is 0 Å². The molecule has 11 heavy (non-hydrogen) atoms. The first-order valence-electron chi connectivity index (χ1n) is 3.57. The van der Waals surface area contributed by atoms with Crippen molar-refractivity contribution < 1.29 is 0 Å². The molecule has 68 valence electrons. The summed E-state index contributed by atoms with van der Waals surface area (Å²) in [4.78, 5) is 0. The summed E-state index contributed by atoms with van der Waals surface area (Å²) in [6.07, 6.45) is 0.655. The quantitative estimate of drug-likeness (QED) is 0.175. The normalized spacial score (nSPS) is 12.5. The van der Waals surface area contributed by atoms with E-state index in [-0.39, 0.29) is 0 Å². The van der Waals surface area contributed by atoms with Crippen LogP contribution in [0.4, 0.5) is 0 Å². The minimum absolute atomic E-state index is 0.510. The summed E-state index contributed by atoms with van der Waals surface area (Å²) in [5, 5.41) is 3.98. The zero-order valence-electron chi connectivity index (χ0n) is 6.88. The van der Waals surface area contributed by atoms with Crippen molar-refractivity contribution in [1.82, 2.24) is 10.4 Å². The maximum absolute atomic E-state index is 5.57. The Morgan fingerprint density at radius 2 is 1.91 bits per heavy atom. The van der Waals surface area contributed by atoms with E-state index in [4.69, 9.17) is 23.2 Å². The van der Waals surface area contributed by atoms with Gasteiger partial charge in [-0.1, -0.05) is 6.92 Å². The molecule has 0 aromatic carbocycles. The fraction of sp³-hybridized carbons (Fsp3) is 1.00. The Morgan fingerprint density at radius 3 is 2.27 bits per heavy atom. The largest absolute Gasteiger partial charge is 0.301 e. The maximum atomic E-state index is 5.57. The number of hydrogen-bond acceptors (Lipinski definition) is 6. The van der Waals surface area contributed by atoms with Crippen LogP contribution in [-0.4, -0.2) is 24.0 Å². The van der Waals surface area contributed by atoms with Gasteiger partial charge < -0.3 is 11.5 Å². The predicted molar refractivity (Wildman–Crippen MR) is 44.5 cm³/mol. The number of hydrazine groups is 2. The van der Waals surface area contributed by atoms with Crippen LogP contribution in [0.25, 0.3) is 0 Å². The second kappa shape index (κ2) is 4.60. The third-order valence-corrected chi connectivity index (χ3v) is 1.41. The Labute approximate surface area is 66.8 Å². The van der Waals surface area contributed by atoms with Crippen LogP contribution in [0.1, 0.15) is 13.3 Å². The summed E-state index contributed by atoms with van der Waals surface area (Å²) in [5.41, 5.74) is 11.1. The van der Waals surface area contributed by atoms with Gasteiger partial charge in [-0.2, -0.15) is 5.12 Å². The molecule has 0 radical (unpaired) electrons. The molecule has 0 amide bonds. The molecule has 0 spiro atoms. The predicted octanol–water partition coefficient (Wildman–Crippen LogP) is -2.39. The van der Waals surface area contributed by atoms with Crippen molar-refractivity contribution in [2.45, 2.75) is 19.1 Å². The first kappa shape index (κ1) is 10.8. The van der Waals surface area contributed by atoms with Crippen molar-refractivity contribution in [3.8, 4) is 0 Å². The Balaban J connectivity index is 3.38. The van der Waals surface area contributed by atoms with Crippen molar-refractivity contribution in [2.24, 2.45) is 23.2 Å². The van der Waals surface area contributed by atoms with Crippen LogP contribution in [0.15, 0.2) is 0 Å². The molecule has 6 nitrogen and oxygen atoms in total. The van der Waals surface area contributed by atoms with Gasteiger partial charge in [0.2, 0.25) is 0 Å². The molecule has 0 saturated heterocycles. The number of nitrogens with one attached hydrogen (secondary N) is 1. The van der Waals surface area contributed by atoms with Crippen molar-refractivity contribution in [3.05, 3.63) is 0 Å². The second-order valence-corrected chi connectivity index (χ2v) is 2.56. The average molecular weight is 162 g/mol. The highest BCUT2D eigenvalue weighted by Gasteiger charge is 2.13. The summed E-state index contributed by atoms with van der Waals surface area (Å²) in [6.45, 7) is 2.99. The van der Waals surface area contributed by atoms with Gasteiger partial charge in [0.15, 0.2) is 0 Å². The van der Waals surface area contributed by atoms with E-state index in [0.717, 1.165) is 5.12 Å². The molecule has 0 atom stereocenters. The van der Waals surface area contributed by atoms with Gasteiger partial charge in [-0.15, -0.1) is 0 Å². The van der Waals surface area contributed by atoms with Crippen molar-refractivity contribution in [3.63, 3.8) is 0 Å². The molecule has 0 rings (SSSR count). The van der Waals surface area contributed by atoms with E-state index in [1.807, 2.05) is 6.92 Å². The van der Waals surface area contributed by atoms with Gasteiger partial charge in [0.25, 0.3) is 0 Å². The monoisotopic (exact) mass is 162 g/mol. The first-order valence-corrected chi connectivity index (χ1v) is 3.57. The van der Waals surface area contributed by atoms with Crippen molar-refractivity contribution in [2.75, 3.05) is 13.1 Å². The third-order valence-electron chi connectivity index (χ3n) is 1.41. The van der Waals surface area contributed by atoms with Crippen LogP contribution in [0.2, 0.25) is 0 Å². The summed E-state index contributed by atoms with van der Waals surface area (Å²) in [7, 11) is 0. The molecule has 0 aromatic rings. The smallest absolute Gasteiger partial charge is 0.118 e. The third kappa shape index (κ3) is 6.17. The zero-order valence-corrected chi connectivity index (χ0v) is 6.88. The van der Waals surface area contributed by atoms with Crippen LogP contribution >= 0.6 is 0 Å². The lowest BCUT2D eigenvalue weighted by Gasteiger charge is -2.24. The van der Waals surface area contributed by atoms with Gasteiger partial charge >= 0.3 is 0 Å². The number of nitrogens with zero attached hydrogens (tertiary/aromatic N) is 1. The molecule has 9 N–H and O–H groups in total. The van der Waals surface area contributed by atoms with E-state index in [1.165, 1.54) is 0 Å². The number of rotatable bonds is 5. The highest BCUT2D eigenvalue weighted by Crippen LogP contribution is 1.89. The molecule has 0 aliphatic rings. The van der Waals surface area contributed by atoms with Gasteiger partial charge in [-0.3, -0.25) is 17.0 Å². The van der Waals surface area contributed by atoms with E-state index in [1.54, 1.807) is 0 Å². The van der Waals surface area contributed by atoms with Crippen LogP contribution in [0.5, 0.6) is 0 Å². The standard InChI is InChI=1S/C5H18N6/c1-2-5(6,7)10-3-4-11(8)9/h10H,2-4,6-9H2,1H3. The SMILES string of the molecule is CCC(N)(N)NCCN(N)N. The Bertz CT molecular complexity index is 101. The average Bonchev–Trinajstić information content (AvgIpc) is 1.87. The van der Waals surface area contributed by atoms with Gasteiger partial charge in [-0.05, 0) is 6.42 Å². The van der Waals surface area contributed by atoms with E-state index in [0.29, 0.717) is 19.5 Å². The lowest BCUT2D eigenvalue weighted by atomic mass is 10.3. The lowest BCUT2D eigenvalue weighted by molar-refractivity contribution is 0.260. The summed E-state index contributed by atoms with van der Waals surface area (Å²) in [6, 6.07) is 0. The fourth-order valence-electron chi connectivity index (χ4n) is 0.543. The summed E-state index contributed by atoms with van der Waals surface area (Å²) < 4.78 is 0. The van der Waals surface area contributed by atoms with Gasteiger partial charge in [-0.25, -0.2) is 0 Å². The molecule has 0 heterocycles. The molecule has 6 heteroatoms. The van der Waals surface area contributed by atoms with E-state index < -0.39 is 5.79 Å². The van der Waals surface area contributed by atoms with E-state index in [9.17, 15) is 0 Å². The van der Waals surface area contributed by atoms with Gasteiger partial charge in [0.1, 0.15) is 5.79 Å². The Kier molecular flexibility index (Phi) is 4.50. The summed E-state index contributed by atoms with van der Waals surface area (Å²) in [5.74, 6) is 9.50. The van der Waals surface area contributed by atoms with Crippen LogP contribution in [-0.2, 0) is 0 Å². The molecular weight excluding hydrogens is 144 g/mol. The molecule has 0 aliphatic carbocycles. The molecule has 0 bridgehead atoms. The summed E-state index contributed by atoms with van der Waals surface area (Å²) >= 11 is 0. The van der Waals surface area contributed by atoms with Crippen LogP contribution in [0, 0.1) is 0 Å². The fourth-order valence-corrected chi connectivity index (χ4v) is 0.543. The molecule has 0 fully saturated rings. The Morgan fingerprint density at radius 1 is 1.36 bits per heavy atom. The highest BCUT2D eigenvalue weighted by atomic mass is 15.6. The first-order chi connectivity index (χ1) is 4.98. The van der Waals surface area contributed by atoms with Crippen molar-refractivity contribution in [1.29, 1.82) is 0 Å². The molecule has 0 unspecified atom stereocenters. The highest BCUT2D eigenvalue weighted by molar-refractivity contribution is 4.71. The topological polar surface area (TPSA) is 119 Å². The lowest BCUT2D eigenvalue weighted by Crippen LogP contribution is -2.62. The molecule has 0 aromatic heterocycles. The minimum atomic E-state index is -0.810. The molecular formula is C5H18N6. The molecule has 0 aliphatic heterocycles. The minimum Gasteiger partial charge on any atom is -0.301 e. The van der Waals surface area contributed by atoms with E-state index in [2.05, 4.69) is 5.32 Å². The number of hydrogen-bond donors (Lipinski definition) is 5. The Hall–Kier alpha value is -0.240. The molecule has 0 saturated carbocycles. The number of nitrogens with two attached hydrogens (primary N) is 4. The van der Waals surface area contributed by atoms with Crippen LogP contribution in [0.3, 0.4) is 0 Å². The van der Waals surface area contributed by atoms with Gasteiger partial charge in [0, 0.05) is 13.1 Å². The van der Waals surface area contributed by atoms with Crippen molar-refractivity contribution >= 4 is 0 Å². The zero-order chi connectivity index (χ0) is 8.91.